The highest BCUT2D eigenvalue weighted by Crippen LogP contribution is 2.19. The lowest BCUT2D eigenvalue weighted by Gasteiger charge is -2.22. The molecule has 0 unspecified atom stereocenters. The molecule has 7 heteroatoms. The molecule has 7 nitrogen and oxygen atoms in total. The average molecular weight is 374 g/mol. The Morgan fingerprint density at radius 3 is 2.63 bits per heavy atom. The first-order chi connectivity index (χ1) is 13.1. The summed E-state index contributed by atoms with van der Waals surface area (Å²) in [7, 11) is 0. The van der Waals surface area contributed by atoms with Crippen LogP contribution in [0.3, 0.4) is 0 Å². The Morgan fingerprint density at radius 1 is 1.15 bits per heavy atom. The fourth-order valence-electron chi connectivity index (χ4n) is 2.88. The molecule has 0 atom stereocenters. The number of ether oxygens (including phenoxy) is 2. The van der Waals surface area contributed by atoms with E-state index in [0.717, 1.165) is 31.2 Å². The van der Waals surface area contributed by atoms with E-state index in [9.17, 15) is 14.4 Å². The number of amides is 3. The molecule has 146 valence electrons. The Labute approximate surface area is 159 Å². The lowest BCUT2D eigenvalue weighted by molar-refractivity contribution is -0.143. The first-order valence-electron chi connectivity index (χ1n) is 9.25. The molecular weight excluding hydrogens is 348 g/mol. The van der Waals surface area contributed by atoms with Crippen molar-refractivity contribution in [2.24, 2.45) is 0 Å². The summed E-state index contributed by atoms with van der Waals surface area (Å²) in [6, 6.07) is 6.81. The number of benzene rings is 1. The van der Waals surface area contributed by atoms with Crippen LogP contribution in [0.5, 0.6) is 5.75 Å². The van der Waals surface area contributed by atoms with Crippen LogP contribution >= 0.6 is 0 Å². The quantitative estimate of drug-likeness (QED) is 0.565. The summed E-state index contributed by atoms with van der Waals surface area (Å²) >= 11 is 0. The van der Waals surface area contributed by atoms with Crippen LogP contribution in [0, 0.1) is 0 Å². The lowest BCUT2D eigenvalue weighted by Crippen LogP contribution is -2.46. The van der Waals surface area contributed by atoms with Crippen LogP contribution in [-0.2, 0) is 14.3 Å². The summed E-state index contributed by atoms with van der Waals surface area (Å²) in [5.74, 6) is -0.690. The number of carbonyl (C=O) groups is 3. The Balaban J connectivity index is 1.73. The van der Waals surface area contributed by atoms with Gasteiger partial charge in [0.2, 0.25) is 0 Å². The van der Waals surface area contributed by atoms with E-state index in [1.54, 1.807) is 18.2 Å². The van der Waals surface area contributed by atoms with Crippen molar-refractivity contribution in [1.82, 2.24) is 10.6 Å². The maximum absolute atomic E-state index is 11.8. The minimum absolute atomic E-state index is 0.0995. The zero-order valence-corrected chi connectivity index (χ0v) is 15.5. The van der Waals surface area contributed by atoms with Crippen molar-refractivity contribution in [3.05, 3.63) is 35.9 Å². The third kappa shape index (κ3) is 7.52. The molecule has 1 aliphatic carbocycles. The molecule has 1 aromatic carbocycles. The van der Waals surface area contributed by atoms with Gasteiger partial charge in [-0.1, -0.05) is 37.5 Å². The molecule has 1 aliphatic rings. The first kappa shape index (κ1) is 20.5. The molecule has 3 amide bonds. The SMILES string of the molecule is CCOc1ccccc1/C=C/C(=O)OCC(=O)NC(=O)NC1CCCCC1. The van der Waals surface area contributed by atoms with E-state index in [4.69, 9.17) is 9.47 Å². The van der Waals surface area contributed by atoms with E-state index >= 15 is 0 Å². The van der Waals surface area contributed by atoms with Crippen molar-refractivity contribution < 1.29 is 23.9 Å². The molecule has 0 saturated heterocycles. The van der Waals surface area contributed by atoms with Crippen LogP contribution in [0.15, 0.2) is 30.3 Å². The highest BCUT2D eigenvalue weighted by Gasteiger charge is 2.17. The number of urea groups is 1. The van der Waals surface area contributed by atoms with Crippen LogP contribution in [0.1, 0.15) is 44.6 Å². The van der Waals surface area contributed by atoms with Gasteiger partial charge in [0.05, 0.1) is 6.61 Å². The van der Waals surface area contributed by atoms with Crippen LogP contribution in [-0.4, -0.2) is 37.2 Å². The highest BCUT2D eigenvalue weighted by atomic mass is 16.5. The predicted molar refractivity (Wildman–Crippen MR) is 101 cm³/mol. The Kier molecular flexibility index (Phi) is 8.35. The number of hydrogen-bond acceptors (Lipinski definition) is 5. The molecule has 0 heterocycles. The molecular formula is C20H26N2O5. The predicted octanol–water partition coefficient (Wildman–Crippen LogP) is 2.80. The maximum Gasteiger partial charge on any atom is 0.331 e. The van der Waals surface area contributed by atoms with Gasteiger partial charge in [-0.15, -0.1) is 0 Å². The second-order valence-corrected chi connectivity index (χ2v) is 6.27. The summed E-state index contributed by atoms with van der Waals surface area (Å²) in [6.07, 6.45) is 7.95. The summed E-state index contributed by atoms with van der Waals surface area (Å²) in [6.45, 7) is 1.87. The zero-order chi connectivity index (χ0) is 19.5. The second-order valence-electron chi connectivity index (χ2n) is 6.27. The molecule has 0 radical (unpaired) electrons. The number of nitrogens with one attached hydrogen (secondary N) is 2. The number of hydrogen-bond donors (Lipinski definition) is 2. The number of imide groups is 1. The van der Waals surface area contributed by atoms with Gasteiger partial charge in [0.25, 0.3) is 5.91 Å². The first-order valence-corrected chi connectivity index (χ1v) is 9.25. The smallest absolute Gasteiger partial charge is 0.331 e. The fraction of sp³-hybridized carbons (Fsp3) is 0.450. The van der Waals surface area contributed by atoms with E-state index in [2.05, 4.69) is 10.6 Å². The summed E-state index contributed by atoms with van der Waals surface area (Å²) in [5, 5.41) is 4.93. The topological polar surface area (TPSA) is 93.7 Å². The van der Waals surface area contributed by atoms with Gasteiger partial charge in [-0.2, -0.15) is 0 Å². The molecule has 1 saturated carbocycles. The Morgan fingerprint density at radius 2 is 1.89 bits per heavy atom. The van der Waals surface area contributed by atoms with E-state index in [1.807, 2.05) is 19.1 Å². The highest BCUT2D eigenvalue weighted by molar-refractivity contribution is 5.96. The van der Waals surface area contributed by atoms with Gasteiger partial charge < -0.3 is 14.8 Å². The molecule has 2 N–H and O–H groups in total. The summed E-state index contributed by atoms with van der Waals surface area (Å²) < 4.78 is 10.3. The molecule has 1 fully saturated rings. The van der Waals surface area contributed by atoms with Gasteiger partial charge in [0, 0.05) is 17.7 Å². The van der Waals surface area contributed by atoms with Crippen molar-refractivity contribution in [2.75, 3.05) is 13.2 Å². The number of rotatable bonds is 7. The maximum atomic E-state index is 11.8. The second kappa shape index (κ2) is 11.0. The molecule has 1 aromatic rings. The number of carbonyl (C=O) groups excluding carboxylic acids is 3. The molecule has 27 heavy (non-hydrogen) atoms. The summed E-state index contributed by atoms with van der Waals surface area (Å²) in [4.78, 5) is 35.2. The van der Waals surface area contributed by atoms with Crippen LogP contribution < -0.4 is 15.4 Å². The van der Waals surface area contributed by atoms with Crippen molar-refractivity contribution in [2.45, 2.75) is 45.1 Å². The van der Waals surface area contributed by atoms with E-state index < -0.39 is 24.5 Å². The van der Waals surface area contributed by atoms with Crippen molar-refractivity contribution in [1.29, 1.82) is 0 Å². The van der Waals surface area contributed by atoms with E-state index in [-0.39, 0.29) is 6.04 Å². The molecule has 2 rings (SSSR count). The number of para-hydroxylation sites is 1. The molecule has 0 aromatic heterocycles. The minimum Gasteiger partial charge on any atom is -0.493 e. The molecule has 0 bridgehead atoms. The normalized spacial score (nSPS) is 14.6. The van der Waals surface area contributed by atoms with Gasteiger partial charge in [-0.3, -0.25) is 10.1 Å². The van der Waals surface area contributed by atoms with Crippen molar-refractivity contribution >= 4 is 24.0 Å². The third-order valence-electron chi connectivity index (χ3n) is 4.16. The molecule has 0 spiro atoms. The van der Waals surface area contributed by atoms with E-state index in [1.165, 1.54) is 12.5 Å². The fourth-order valence-corrected chi connectivity index (χ4v) is 2.88. The zero-order valence-electron chi connectivity index (χ0n) is 15.5. The Bertz CT molecular complexity index is 681. The van der Waals surface area contributed by atoms with Gasteiger partial charge >= 0.3 is 12.0 Å². The van der Waals surface area contributed by atoms with Crippen LogP contribution in [0.4, 0.5) is 4.79 Å². The van der Waals surface area contributed by atoms with Crippen LogP contribution in [0.25, 0.3) is 6.08 Å². The van der Waals surface area contributed by atoms with Gasteiger partial charge in [0.1, 0.15) is 5.75 Å². The lowest BCUT2D eigenvalue weighted by atomic mass is 9.96. The van der Waals surface area contributed by atoms with E-state index in [0.29, 0.717) is 12.4 Å². The number of esters is 1. The van der Waals surface area contributed by atoms with Gasteiger partial charge in [0.15, 0.2) is 6.61 Å². The van der Waals surface area contributed by atoms with Crippen LogP contribution in [0.2, 0.25) is 0 Å². The standard InChI is InChI=1S/C20H26N2O5/c1-2-26-17-11-7-6-8-15(17)12-13-19(24)27-14-18(23)22-20(25)21-16-9-4-3-5-10-16/h6-8,11-13,16H,2-5,9-10,14H2,1H3,(H2,21,22,23,25)/b13-12+. The van der Waals surface area contributed by atoms with Gasteiger partial charge in [-0.25, -0.2) is 9.59 Å². The van der Waals surface area contributed by atoms with Crippen molar-refractivity contribution in [3.8, 4) is 5.75 Å². The molecule has 0 aliphatic heterocycles. The average Bonchev–Trinajstić information content (AvgIpc) is 2.66. The Hall–Kier alpha value is -2.83. The monoisotopic (exact) mass is 374 g/mol. The largest absolute Gasteiger partial charge is 0.493 e. The third-order valence-corrected chi connectivity index (χ3v) is 4.16. The van der Waals surface area contributed by atoms with Gasteiger partial charge in [-0.05, 0) is 31.9 Å². The summed E-state index contributed by atoms with van der Waals surface area (Å²) in [5.41, 5.74) is 0.729. The van der Waals surface area contributed by atoms with Crippen molar-refractivity contribution in [3.63, 3.8) is 0 Å². The minimum atomic E-state index is -0.677.